The smallest absolute Gasteiger partial charge is 0.485 e. The summed E-state index contributed by atoms with van der Waals surface area (Å²) in [5.74, 6) is 0.845. The van der Waals surface area contributed by atoms with Crippen LogP contribution in [0.1, 0.15) is 11.1 Å². The Morgan fingerprint density at radius 1 is 1.00 bits per heavy atom. The van der Waals surface area contributed by atoms with Crippen molar-refractivity contribution in [2.24, 2.45) is 0 Å². The van der Waals surface area contributed by atoms with E-state index in [1.165, 1.54) is 0 Å². The van der Waals surface area contributed by atoms with Crippen LogP contribution in [-0.2, 0) is 32.9 Å². The van der Waals surface area contributed by atoms with Crippen molar-refractivity contribution in [3.63, 3.8) is 0 Å². The summed E-state index contributed by atoms with van der Waals surface area (Å²) in [6.07, 6.45) is -0.0893. The molecule has 0 bridgehead atoms. The molecule has 0 aliphatic carbocycles. The summed E-state index contributed by atoms with van der Waals surface area (Å²) in [5.41, 5.74) is -5.26. The van der Waals surface area contributed by atoms with Gasteiger partial charge < -0.3 is 4.55 Å². The monoisotopic (exact) mass is 370 g/mol. The van der Waals surface area contributed by atoms with Gasteiger partial charge >= 0.3 is 11.7 Å². The number of alkyl halides is 6. The van der Waals surface area contributed by atoms with Crippen molar-refractivity contribution in [3.05, 3.63) is 35.4 Å². The van der Waals surface area contributed by atoms with Crippen molar-refractivity contribution in [1.82, 2.24) is 0 Å². The van der Waals surface area contributed by atoms with Crippen LogP contribution in [0.3, 0.4) is 0 Å². The highest BCUT2D eigenvalue weighted by atomic mass is 32.2. The van der Waals surface area contributed by atoms with E-state index in [1.54, 1.807) is 12.1 Å². The normalized spacial score (nSPS) is 12.8. The third kappa shape index (κ3) is 7.90. The molecule has 22 heavy (non-hydrogen) atoms. The molecule has 0 fully saturated rings. The lowest BCUT2D eigenvalue weighted by molar-refractivity contribution is -0.137. The van der Waals surface area contributed by atoms with Crippen LogP contribution in [0.25, 0.3) is 0 Å². The Labute approximate surface area is 126 Å². The molecule has 0 spiro atoms. The molecule has 0 saturated carbocycles. The molecule has 0 saturated heterocycles. The topological polar surface area (TPSA) is 57.2 Å². The van der Waals surface area contributed by atoms with Gasteiger partial charge in [0, 0.05) is 5.56 Å². The Morgan fingerprint density at radius 2 is 1.36 bits per heavy atom. The highest BCUT2D eigenvalue weighted by Crippen LogP contribution is 2.29. The van der Waals surface area contributed by atoms with Crippen LogP contribution in [0.4, 0.5) is 26.3 Å². The van der Waals surface area contributed by atoms with E-state index < -0.39 is 27.4 Å². The third-order valence-corrected chi connectivity index (χ3v) is 3.50. The van der Waals surface area contributed by atoms with E-state index >= 15 is 0 Å². The van der Waals surface area contributed by atoms with Gasteiger partial charge in [-0.2, -0.15) is 26.3 Å². The SMILES string of the molecule is C[S+](C)Cc1ccc(C(F)(F)F)cc1.O=S(=O)([O-])C(F)(F)F. The molecule has 0 radical (unpaired) electrons. The summed E-state index contributed by atoms with van der Waals surface area (Å²) in [5, 5.41) is 0. The minimum atomic E-state index is -6.09. The van der Waals surface area contributed by atoms with Gasteiger partial charge in [-0.05, 0) is 23.0 Å². The van der Waals surface area contributed by atoms with Gasteiger partial charge in [0.1, 0.15) is 5.75 Å². The van der Waals surface area contributed by atoms with Crippen molar-refractivity contribution in [2.45, 2.75) is 17.4 Å². The first-order chi connectivity index (χ1) is 9.64. The van der Waals surface area contributed by atoms with Gasteiger partial charge in [0.05, 0.1) is 18.1 Å². The summed E-state index contributed by atoms with van der Waals surface area (Å²) in [6.45, 7) is 0. The van der Waals surface area contributed by atoms with Crippen LogP contribution in [-0.4, -0.2) is 31.0 Å². The van der Waals surface area contributed by atoms with E-state index in [1.807, 2.05) is 0 Å². The lowest BCUT2D eigenvalue weighted by Crippen LogP contribution is -2.21. The highest BCUT2D eigenvalue weighted by molar-refractivity contribution is 7.94. The largest absolute Gasteiger partial charge is 0.741 e. The molecule has 0 N–H and O–H groups in total. The van der Waals surface area contributed by atoms with Crippen molar-refractivity contribution in [2.75, 3.05) is 12.5 Å². The molecule has 0 heterocycles. The molecular formula is C11H12F6O3S2. The summed E-state index contributed by atoms with van der Waals surface area (Å²) < 4.78 is 95.5. The molecule has 0 aromatic heterocycles. The molecule has 3 nitrogen and oxygen atoms in total. The standard InChI is InChI=1S/C10H12F3S.CHF3O3S/c1-14(2)7-8-3-5-9(6-4-8)10(11,12)13;2-1(3,4)8(5,6)7/h3-6H,7H2,1-2H3;(H,5,6,7)/q+1;/p-1. The van der Waals surface area contributed by atoms with Gasteiger partial charge in [0.2, 0.25) is 0 Å². The average molecular weight is 370 g/mol. The zero-order chi connectivity index (χ0) is 17.8. The van der Waals surface area contributed by atoms with E-state index in [2.05, 4.69) is 12.5 Å². The number of hydrogen-bond donors (Lipinski definition) is 0. The minimum Gasteiger partial charge on any atom is -0.741 e. The fourth-order valence-corrected chi connectivity index (χ4v) is 1.98. The van der Waals surface area contributed by atoms with Gasteiger partial charge in [0.25, 0.3) is 0 Å². The molecule has 11 heteroatoms. The quantitative estimate of drug-likeness (QED) is 0.348. The number of halogens is 6. The fourth-order valence-electron chi connectivity index (χ4n) is 1.12. The van der Waals surface area contributed by atoms with Crippen molar-refractivity contribution < 1.29 is 39.3 Å². The molecule has 1 aromatic carbocycles. The molecule has 0 aliphatic heterocycles. The van der Waals surface area contributed by atoms with Crippen LogP contribution in [0.5, 0.6) is 0 Å². The first kappa shape index (κ1) is 21.1. The second-order valence-corrected chi connectivity index (χ2v) is 7.86. The highest BCUT2D eigenvalue weighted by Gasteiger charge is 2.36. The zero-order valence-electron chi connectivity index (χ0n) is 11.3. The molecular weight excluding hydrogens is 358 g/mol. The third-order valence-electron chi connectivity index (χ3n) is 2.02. The van der Waals surface area contributed by atoms with Gasteiger partial charge in [-0.3, -0.25) is 0 Å². The predicted octanol–water partition coefficient (Wildman–Crippen LogP) is 3.13. The van der Waals surface area contributed by atoms with Gasteiger partial charge in [-0.25, -0.2) is 8.42 Å². The molecule has 128 valence electrons. The van der Waals surface area contributed by atoms with Crippen LogP contribution in [0, 0.1) is 0 Å². The van der Waals surface area contributed by atoms with Gasteiger partial charge in [0.15, 0.2) is 10.1 Å². The van der Waals surface area contributed by atoms with E-state index in [0.717, 1.165) is 23.4 Å². The molecule has 0 amide bonds. The Morgan fingerprint density at radius 3 is 1.59 bits per heavy atom. The molecule has 1 rings (SSSR count). The van der Waals surface area contributed by atoms with Crippen molar-refractivity contribution >= 4 is 21.0 Å². The summed E-state index contributed by atoms with van der Waals surface area (Å²) in [6, 6.07) is 5.38. The Balaban J connectivity index is 0.000000472. The number of rotatable bonds is 2. The second-order valence-electron chi connectivity index (χ2n) is 4.22. The summed E-state index contributed by atoms with van der Waals surface area (Å²) >= 11 is 0. The Bertz CT molecular complexity index is 561. The maximum Gasteiger partial charge on any atom is 0.485 e. The number of benzene rings is 1. The van der Waals surface area contributed by atoms with E-state index in [9.17, 15) is 26.3 Å². The molecule has 0 unspecified atom stereocenters. The van der Waals surface area contributed by atoms with Crippen LogP contribution >= 0.6 is 0 Å². The average Bonchev–Trinajstić information content (AvgIpc) is 2.25. The second kappa shape index (κ2) is 7.55. The maximum atomic E-state index is 12.2. The summed E-state index contributed by atoms with van der Waals surface area (Å²) in [4.78, 5) is 0. The van der Waals surface area contributed by atoms with Crippen LogP contribution in [0.2, 0.25) is 0 Å². The molecule has 0 aliphatic rings. The van der Waals surface area contributed by atoms with E-state index in [-0.39, 0.29) is 10.9 Å². The zero-order valence-corrected chi connectivity index (χ0v) is 13.0. The fraction of sp³-hybridized carbons (Fsp3) is 0.455. The molecule has 1 aromatic rings. The number of hydrogen-bond acceptors (Lipinski definition) is 3. The van der Waals surface area contributed by atoms with E-state index in [0.29, 0.717) is 0 Å². The van der Waals surface area contributed by atoms with E-state index in [4.69, 9.17) is 13.0 Å². The maximum absolute atomic E-state index is 12.2. The van der Waals surface area contributed by atoms with Crippen molar-refractivity contribution in [1.29, 1.82) is 0 Å². The van der Waals surface area contributed by atoms with Crippen LogP contribution < -0.4 is 0 Å². The Kier molecular flexibility index (Phi) is 7.23. The van der Waals surface area contributed by atoms with Gasteiger partial charge in [-0.15, -0.1) is 0 Å². The summed E-state index contributed by atoms with van der Waals surface area (Å²) in [7, 11) is -5.87. The predicted molar refractivity (Wildman–Crippen MR) is 70.1 cm³/mol. The lowest BCUT2D eigenvalue weighted by Gasteiger charge is -2.08. The first-order valence-corrected chi connectivity index (χ1v) is 8.99. The molecule has 0 atom stereocenters. The Hall–Kier alpha value is -0.940. The first-order valence-electron chi connectivity index (χ1n) is 5.37. The lowest BCUT2D eigenvalue weighted by atomic mass is 10.1. The van der Waals surface area contributed by atoms with Crippen LogP contribution in [0.15, 0.2) is 24.3 Å². The van der Waals surface area contributed by atoms with Crippen molar-refractivity contribution in [3.8, 4) is 0 Å². The van der Waals surface area contributed by atoms with Gasteiger partial charge in [-0.1, -0.05) is 12.1 Å². The minimum absolute atomic E-state index is 0.224.